The molecule has 1 nitrogen and oxygen atoms in total. The van der Waals surface area contributed by atoms with Crippen LogP contribution in [-0.2, 0) is 6.42 Å². The van der Waals surface area contributed by atoms with Gasteiger partial charge in [0, 0.05) is 6.04 Å². The molecular formula is C12H15BrFN. The molecule has 1 fully saturated rings. The van der Waals surface area contributed by atoms with E-state index >= 15 is 0 Å². The monoisotopic (exact) mass is 271 g/mol. The fourth-order valence-corrected chi connectivity index (χ4v) is 2.47. The van der Waals surface area contributed by atoms with Gasteiger partial charge < -0.3 is 5.32 Å². The Balaban J connectivity index is 1.90. The second-order valence-corrected chi connectivity index (χ2v) is 4.93. The molecule has 1 heterocycles. The van der Waals surface area contributed by atoms with Gasteiger partial charge in [-0.15, -0.1) is 0 Å². The Labute approximate surface area is 98.2 Å². The average Bonchev–Trinajstić information content (AvgIpc) is 2.73. The zero-order valence-corrected chi connectivity index (χ0v) is 10.2. The van der Waals surface area contributed by atoms with Crippen LogP contribution in [0.1, 0.15) is 24.8 Å². The minimum Gasteiger partial charge on any atom is -0.314 e. The van der Waals surface area contributed by atoms with Crippen LogP contribution < -0.4 is 5.32 Å². The van der Waals surface area contributed by atoms with E-state index in [-0.39, 0.29) is 5.82 Å². The minimum absolute atomic E-state index is 0.183. The van der Waals surface area contributed by atoms with Crippen LogP contribution >= 0.6 is 15.9 Å². The highest BCUT2D eigenvalue weighted by Gasteiger charge is 2.13. The molecule has 1 aliphatic heterocycles. The third-order valence-electron chi connectivity index (χ3n) is 2.93. The maximum Gasteiger partial charge on any atom is 0.137 e. The molecule has 0 aliphatic carbocycles. The van der Waals surface area contributed by atoms with Crippen molar-refractivity contribution in [1.82, 2.24) is 5.32 Å². The quantitative estimate of drug-likeness (QED) is 0.890. The van der Waals surface area contributed by atoms with Crippen molar-refractivity contribution in [2.45, 2.75) is 31.7 Å². The summed E-state index contributed by atoms with van der Waals surface area (Å²) in [7, 11) is 0. The second kappa shape index (κ2) is 5.08. The van der Waals surface area contributed by atoms with E-state index in [0.717, 1.165) is 19.4 Å². The smallest absolute Gasteiger partial charge is 0.137 e. The van der Waals surface area contributed by atoms with E-state index in [9.17, 15) is 4.39 Å². The fourth-order valence-electron chi connectivity index (χ4n) is 2.04. The van der Waals surface area contributed by atoms with Crippen molar-refractivity contribution in [3.05, 3.63) is 34.1 Å². The van der Waals surface area contributed by atoms with Crippen molar-refractivity contribution in [2.24, 2.45) is 0 Å². The van der Waals surface area contributed by atoms with Crippen molar-refractivity contribution >= 4 is 15.9 Å². The van der Waals surface area contributed by atoms with E-state index in [1.54, 1.807) is 0 Å². The molecule has 0 saturated carbocycles. The third kappa shape index (κ3) is 3.02. The molecule has 1 unspecified atom stereocenters. The molecule has 82 valence electrons. The van der Waals surface area contributed by atoms with Gasteiger partial charge in [-0.3, -0.25) is 0 Å². The Morgan fingerprint density at radius 1 is 1.47 bits per heavy atom. The molecule has 1 N–H and O–H groups in total. The van der Waals surface area contributed by atoms with Gasteiger partial charge in [0.15, 0.2) is 0 Å². The molecule has 0 bridgehead atoms. The number of nitrogens with one attached hydrogen (secondary N) is 1. The van der Waals surface area contributed by atoms with E-state index in [1.807, 2.05) is 12.1 Å². The van der Waals surface area contributed by atoms with E-state index < -0.39 is 0 Å². The highest BCUT2D eigenvalue weighted by Crippen LogP contribution is 2.19. The Kier molecular flexibility index (Phi) is 3.76. The summed E-state index contributed by atoms with van der Waals surface area (Å²) in [4.78, 5) is 0. The number of halogens is 2. The number of benzene rings is 1. The molecular weight excluding hydrogens is 257 g/mol. The molecule has 0 amide bonds. The van der Waals surface area contributed by atoms with Crippen LogP contribution in [0.4, 0.5) is 4.39 Å². The molecule has 1 aliphatic rings. The highest BCUT2D eigenvalue weighted by atomic mass is 79.9. The summed E-state index contributed by atoms with van der Waals surface area (Å²) < 4.78 is 13.5. The number of hydrogen-bond donors (Lipinski definition) is 1. The van der Waals surface area contributed by atoms with Gasteiger partial charge in [-0.05, 0) is 65.9 Å². The molecule has 3 heteroatoms. The zero-order valence-electron chi connectivity index (χ0n) is 8.60. The van der Waals surface area contributed by atoms with Crippen LogP contribution in [0.15, 0.2) is 22.7 Å². The number of hydrogen-bond acceptors (Lipinski definition) is 1. The van der Waals surface area contributed by atoms with E-state index in [1.165, 1.54) is 24.5 Å². The zero-order chi connectivity index (χ0) is 10.7. The van der Waals surface area contributed by atoms with Crippen molar-refractivity contribution in [3.63, 3.8) is 0 Å². The molecule has 1 aromatic rings. The summed E-state index contributed by atoms with van der Waals surface area (Å²) >= 11 is 3.21. The van der Waals surface area contributed by atoms with Gasteiger partial charge in [0.2, 0.25) is 0 Å². The first-order chi connectivity index (χ1) is 7.25. The summed E-state index contributed by atoms with van der Waals surface area (Å²) in [6.07, 6.45) is 4.74. The Hall–Kier alpha value is -0.410. The summed E-state index contributed by atoms with van der Waals surface area (Å²) in [5, 5.41) is 3.47. The van der Waals surface area contributed by atoms with E-state index in [4.69, 9.17) is 0 Å². The lowest BCUT2D eigenvalue weighted by Crippen LogP contribution is -2.21. The first kappa shape index (κ1) is 11.1. The maximum atomic E-state index is 13.0. The molecule has 0 spiro atoms. The van der Waals surface area contributed by atoms with Crippen LogP contribution in [0.3, 0.4) is 0 Å². The first-order valence-electron chi connectivity index (χ1n) is 5.43. The van der Waals surface area contributed by atoms with E-state index in [0.29, 0.717) is 10.5 Å². The molecule has 0 aromatic heterocycles. The Morgan fingerprint density at radius 2 is 2.33 bits per heavy atom. The summed E-state index contributed by atoms with van der Waals surface area (Å²) in [5.74, 6) is -0.183. The predicted molar refractivity (Wildman–Crippen MR) is 63.4 cm³/mol. The lowest BCUT2D eigenvalue weighted by atomic mass is 10.0. The van der Waals surface area contributed by atoms with Crippen molar-refractivity contribution in [3.8, 4) is 0 Å². The van der Waals surface area contributed by atoms with Crippen LogP contribution in [0, 0.1) is 5.82 Å². The van der Waals surface area contributed by atoms with Gasteiger partial charge >= 0.3 is 0 Å². The lowest BCUT2D eigenvalue weighted by molar-refractivity contribution is 0.558. The standard InChI is InChI=1S/C12H15BrFN/c13-11-8-9(4-6-12(11)14)3-5-10-2-1-7-15-10/h4,6,8,10,15H,1-3,5,7H2. The number of rotatable bonds is 3. The molecule has 15 heavy (non-hydrogen) atoms. The van der Waals surface area contributed by atoms with Crippen LogP contribution in [0.5, 0.6) is 0 Å². The Bertz CT molecular complexity index is 334. The van der Waals surface area contributed by atoms with Crippen molar-refractivity contribution < 1.29 is 4.39 Å². The molecule has 0 radical (unpaired) electrons. The van der Waals surface area contributed by atoms with Gasteiger partial charge in [0.05, 0.1) is 4.47 Å². The summed E-state index contributed by atoms with van der Waals surface area (Å²) in [6.45, 7) is 1.15. The third-order valence-corrected chi connectivity index (χ3v) is 3.54. The van der Waals surface area contributed by atoms with Crippen molar-refractivity contribution in [1.29, 1.82) is 0 Å². The topological polar surface area (TPSA) is 12.0 Å². The Morgan fingerprint density at radius 3 is 3.00 bits per heavy atom. The first-order valence-corrected chi connectivity index (χ1v) is 6.22. The van der Waals surface area contributed by atoms with Gasteiger partial charge in [-0.25, -0.2) is 4.39 Å². The average molecular weight is 272 g/mol. The predicted octanol–water partition coefficient (Wildman–Crippen LogP) is 3.27. The number of aryl methyl sites for hydroxylation is 1. The van der Waals surface area contributed by atoms with Gasteiger partial charge in [-0.2, -0.15) is 0 Å². The van der Waals surface area contributed by atoms with Gasteiger partial charge in [0.25, 0.3) is 0 Å². The van der Waals surface area contributed by atoms with Crippen LogP contribution in [0.25, 0.3) is 0 Å². The maximum absolute atomic E-state index is 13.0. The van der Waals surface area contributed by atoms with Crippen LogP contribution in [0.2, 0.25) is 0 Å². The van der Waals surface area contributed by atoms with Gasteiger partial charge in [0.1, 0.15) is 5.82 Å². The summed E-state index contributed by atoms with van der Waals surface area (Å²) in [5.41, 5.74) is 1.21. The SMILES string of the molecule is Fc1ccc(CCC2CCCN2)cc1Br. The molecule has 1 atom stereocenters. The lowest BCUT2D eigenvalue weighted by Gasteiger charge is -2.09. The normalized spacial score (nSPS) is 20.8. The second-order valence-electron chi connectivity index (χ2n) is 4.08. The molecule has 1 aromatic carbocycles. The van der Waals surface area contributed by atoms with E-state index in [2.05, 4.69) is 21.2 Å². The largest absolute Gasteiger partial charge is 0.314 e. The minimum atomic E-state index is -0.183. The fraction of sp³-hybridized carbons (Fsp3) is 0.500. The van der Waals surface area contributed by atoms with Crippen molar-refractivity contribution in [2.75, 3.05) is 6.54 Å². The van der Waals surface area contributed by atoms with Gasteiger partial charge in [-0.1, -0.05) is 6.07 Å². The summed E-state index contributed by atoms with van der Waals surface area (Å²) in [6, 6.07) is 5.94. The highest BCUT2D eigenvalue weighted by molar-refractivity contribution is 9.10. The van der Waals surface area contributed by atoms with Crippen LogP contribution in [-0.4, -0.2) is 12.6 Å². The molecule has 1 saturated heterocycles. The molecule has 2 rings (SSSR count).